The number of hydrogen-bond acceptors (Lipinski definition) is 6. The summed E-state index contributed by atoms with van der Waals surface area (Å²) in [5, 5.41) is 17.5. The van der Waals surface area contributed by atoms with Crippen LogP contribution in [-0.2, 0) is 17.1 Å². The number of aromatic carboxylic acids is 1. The van der Waals surface area contributed by atoms with Crippen molar-refractivity contribution >= 4 is 33.4 Å². The van der Waals surface area contributed by atoms with Crippen molar-refractivity contribution in [3.8, 4) is 0 Å². The molecule has 26 heavy (non-hydrogen) atoms. The highest BCUT2D eigenvalue weighted by Crippen LogP contribution is 2.27. The molecule has 0 fully saturated rings. The molecular weight excluding hydrogens is 376 g/mol. The van der Waals surface area contributed by atoms with Crippen LogP contribution < -0.4 is 4.72 Å². The highest BCUT2D eigenvalue weighted by Gasteiger charge is 2.16. The standard InChI is InChI=1S/C16H14N4O4S2/c1-20-10-17-18-16(20)25-13-7-5-12(6-8-13)19-26(23,24)14-4-2-3-11(9-14)15(21)22/h2-10,19H,1H3,(H,21,22). The Morgan fingerprint density at radius 2 is 1.92 bits per heavy atom. The third kappa shape index (κ3) is 4.03. The number of carbonyl (C=O) groups is 1. The molecule has 0 atom stereocenters. The molecule has 2 N–H and O–H groups in total. The van der Waals surface area contributed by atoms with Crippen molar-refractivity contribution in [2.45, 2.75) is 14.9 Å². The van der Waals surface area contributed by atoms with Crippen LogP contribution in [0.3, 0.4) is 0 Å². The first-order valence-electron chi connectivity index (χ1n) is 7.33. The van der Waals surface area contributed by atoms with Crippen LogP contribution in [0.4, 0.5) is 5.69 Å². The van der Waals surface area contributed by atoms with Gasteiger partial charge in [-0.25, -0.2) is 13.2 Å². The van der Waals surface area contributed by atoms with Crippen LogP contribution >= 0.6 is 11.8 Å². The Morgan fingerprint density at radius 1 is 1.19 bits per heavy atom. The zero-order valence-electron chi connectivity index (χ0n) is 13.5. The van der Waals surface area contributed by atoms with E-state index in [4.69, 9.17) is 5.11 Å². The van der Waals surface area contributed by atoms with Crippen molar-refractivity contribution in [2.24, 2.45) is 7.05 Å². The minimum absolute atomic E-state index is 0.0942. The second kappa shape index (κ2) is 7.18. The maximum absolute atomic E-state index is 12.4. The van der Waals surface area contributed by atoms with Crippen LogP contribution in [0.15, 0.2) is 69.8 Å². The quantitative estimate of drug-likeness (QED) is 0.664. The molecule has 2 aromatic carbocycles. The number of aryl methyl sites for hydroxylation is 1. The third-order valence-corrected chi connectivity index (χ3v) is 5.82. The lowest BCUT2D eigenvalue weighted by molar-refractivity contribution is 0.0696. The van der Waals surface area contributed by atoms with Gasteiger partial charge >= 0.3 is 5.97 Å². The van der Waals surface area contributed by atoms with E-state index in [1.807, 2.05) is 7.05 Å². The molecule has 0 aliphatic heterocycles. The molecule has 3 aromatic rings. The van der Waals surface area contributed by atoms with Crippen LogP contribution in [0.25, 0.3) is 0 Å². The first-order valence-corrected chi connectivity index (χ1v) is 9.63. The molecule has 0 saturated carbocycles. The predicted octanol–water partition coefficient (Wildman–Crippen LogP) is 2.47. The summed E-state index contributed by atoms with van der Waals surface area (Å²) in [7, 11) is -2.06. The van der Waals surface area contributed by atoms with Gasteiger partial charge in [0, 0.05) is 17.6 Å². The summed E-state index contributed by atoms with van der Waals surface area (Å²) >= 11 is 1.40. The van der Waals surface area contributed by atoms with E-state index in [0.29, 0.717) is 10.8 Å². The Balaban J connectivity index is 1.77. The van der Waals surface area contributed by atoms with E-state index >= 15 is 0 Å². The Kier molecular flexibility index (Phi) is 4.96. The molecule has 0 aliphatic carbocycles. The van der Waals surface area contributed by atoms with Gasteiger partial charge < -0.3 is 9.67 Å². The first-order chi connectivity index (χ1) is 12.3. The Labute approximate surface area is 153 Å². The van der Waals surface area contributed by atoms with Gasteiger partial charge in [-0.15, -0.1) is 10.2 Å². The number of nitrogens with zero attached hydrogens (tertiary/aromatic N) is 3. The van der Waals surface area contributed by atoms with Crippen molar-refractivity contribution in [2.75, 3.05) is 4.72 Å². The Bertz CT molecular complexity index is 1050. The van der Waals surface area contributed by atoms with Crippen LogP contribution in [0.5, 0.6) is 0 Å². The fourth-order valence-electron chi connectivity index (χ4n) is 2.07. The summed E-state index contributed by atoms with van der Waals surface area (Å²) < 4.78 is 29.1. The molecule has 0 aliphatic rings. The molecule has 0 amide bonds. The largest absolute Gasteiger partial charge is 0.478 e. The van der Waals surface area contributed by atoms with Crippen LogP contribution in [0.2, 0.25) is 0 Å². The van der Waals surface area contributed by atoms with Gasteiger partial charge in [0.15, 0.2) is 5.16 Å². The molecule has 1 aromatic heterocycles. The zero-order valence-corrected chi connectivity index (χ0v) is 15.2. The zero-order chi connectivity index (χ0) is 18.7. The minimum Gasteiger partial charge on any atom is -0.478 e. The lowest BCUT2D eigenvalue weighted by atomic mass is 10.2. The maximum Gasteiger partial charge on any atom is 0.335 e. The van der Waals surface area contributed by atoms with E-state index in [9.17, 15) is 13.2 Å². The summed E-state index contributed by atoms with van der Waals surface area (Å²) in [6, 6.07) is 11.9. The minimum atomic E-state index is -3.89. The number of benzene rings is 2. The lowest BCUT2D eigenvalue weighted by Crippen LogP contribution is -2.13. The molecule has 0 saturated heterocycles. The summed E-state index contributed by atoms with van der Waals surface area (Å²) in [6.07, 6.45) is 1.59. The smallest absolute Gasteiger partial charge is 0.335 e. The highest BCUT2D eigenvalue weighted by atomic mass is 32.2. The number of nitrogens with one attached hydrogen (secondary N) is 1. The van der Waals surface area contributed by atoms with Crippen LogP contribution in [0.1, 0.15) is 10.4 Å². The SMILES string of the molecule is Cn1cnnc1Sc1ccc(NS(=O)(=O)c2cccc(C(=O)O)c2)cc1. The monoisotopic (exact) mass is 390 g/mol. The Morgan fingerprint density at radius 3 is 2.54 bits per heavy atom. The molecule has 0 bridgehead atoms. The van der Waals surface area contributed by atoms with Crippen molar-refractivity contribution in [1.82, 2.24) is 14.8 Å². The van der Waals surface area contributed by atoms with Gasteiger partial charge in [-0.2, -0.15) is 0 Å². The predicted molar refractivity (Wildman–Crippen MR) is 95.8 cm³/mol. The number of hydrogen-bond donors (Lipinski definition) is 2. The van der Waals surface area contributed by atoms with E-state index in [-0.39, 0.29) is 10.5 Å². The van der Waals surface area contributed by atoms with Gasteiger partial charge in [0.1, 0.15) is 6.33 Å². The van der Waals surface area contributed by atoms with E-state index < -0.39 is 16.0 Å². The highest BCUT2D eigenvalue weighted by molar-refractivity contribution is 7.99. The lowest BCUT2D eigenvalue weighted by Gasteiger charge is -2.09. The number of aromatic nitrogens is 3. The van der Waals surface area contributed by atoms with Crippen LogP contribution in [-0.4, -0.2) is 34.3 Å². The summed E-state index contributed by atoms with van der Waals surface area (Å²) in [5.74, 6) is -1.19. The number of carboxylic acid groups (broad SMARTS) is 1. The van der Waals surface area contributed by atoms with E-state index in [2.05, 4.69) is 14.9 Å². The van der Waals surface area contributed by atoms with E-state index in [1.54, 1.807) is 35.2 Å². The fourth-order valence-corrected chi connectivity index (χ4v) is 3.94. The normalized spacial score (nSPS) is 11.3. The molecule has 8 nitrogen and oxygen atoms in total. The van der Waals surface area contributed by atoms with Crippen molar-refractivity contribution < 1.29 is 18.3 Å². The van der Waals surface area contributed by atoms with Crippen LogP contribution in [0, 0.1) is 0 Å². The number of sulfonamides is 1. The summed E-state index contributed by atoms with van der Waals surface area (Å²) in [5.41, 5.74) is 0.274. The summed E-state index contributed by atoms with van der Waals surface area (Å²) in [4.78, 5) is 11.8. The fraction of sp³-hybridized carbons (Fsp3) is 0.0625. The summed E-state index contributed by atoms with van der Waals surface area (Å²) in [6.45, 7) is 0. The molecule has 0 radical (unpaired) electrons. The second-order valence-corrected chi connectivity index (χ2v) is 8.01. The van der Waals surface area contributed by atoms with E-state index in [1.165, 1.54) is 30.0 Å². The van der Waals surface area contributed by atoms with Crippen molar-refractivity contribution in [3.63, 3.8) is 0 Å². The molecule has 134 valence electrons. The van der Waals surface area contributed by atoms with Gasteiger partial charge in [0.2, 0.25) is 0 Å². The molecule has 3 rings (SSSR count). The third-order valence-electron chi connectivity index (χ3n) is 3.38. The maximum atomic E-state index is 12.4. The van der Waals surface area contributed by atoms with Gasteiger partial charge in [-0.3, -0.25) is 4.72 Å². The van der Waals surface area contributed by atoms with Gasteiger partial charge in [0.05, 0.1) is 10.5 Å². The topological polar surface area (TPSA) is 114 Å². The molecule has 1 heterocycles. The number of carboxylic acids is 1. The van der Waals surface area contributed by atoms with Crippen molar-refractivity contribution in [1.29, 1.82) is 0 Å². The first kappa shape index (κ1) is 18.0. The number of rotatable bonds is 6. The molecule has 0 unspecified atom stereocenters. The molecular formula is C16H14N4O4S2. The average molecular weight is 390 g/mol. The van der Waals surface area contributed by atoms with Gasteiger partial charge in [-0.05, 0) is 54.2 Å². The second-order valence-electron chi connectivity index (χ2n) is 5.29. The molecule has 10 heteroatoms. The molecule has 0 spiro atoms. The van der Waals surface area contributed by atoms with Gasteiger partial charge in [-0.1, -0.05) is 6.07 Å². The van der Waals surface area contributed by atoms with Crippen molar-refractivity contribution in [3.05, 3.63) is 60.4 Å². The van der Waals surface area contributed by atoms with E-state index in [0.717, 1.165) is 11.0 Å². The average Bonchev–Trinajstić information content (AvgIpc) is 3.01. The Hall–Kier alpha value is -2.85. The van der Waals surface area contributed by atoms with Gasteiger partial charge in [0.25, 0.3) is 10.0 Å². The number of anilines is 1.